The molecular formula is C18H34N2O. The minimum Gasteiger partial charge on any atom is -0.352 e. The maximum Gasteiger partial charge on any atom is 0.220 e. The lowest BCUT2D eigenvalue weighted by Gasteiger charge is -2.43. The van der Waals surface area contributed by atoms with Gasteiger partial charge in [0.1, 0.15) is 0 Å². The lowest BCUT2D eigenvalue weighted by atomic mass is 9.68. The second-order valence-electron chi connectivity index (χ2n) is 8.31. The van der Waals surface area contributed by atoms with Gasteiger partial charge in [-0.05, 0) is 61.3 Å². The molecule has 3 nitrogen and oxygen atoms in total. The van der Waals surface area contributed by atoms with Crippen LogP contribution in [0.1, 0.15) is 72.6 Å². The number of rotatable bonds is 7. The summed E-state index contributed by atoms with van der Waals surface area (Å²) in [5.41, 5.74) is 6.22. The molecule has 0 radical (unpaired) electrons. The number of nitrogens with one attached hydrogen (secondary N) is 1. The second-order valence-corrected chi connectivity index (χ2v) is 8.31. The van der Waals surface area contributed by atoms with Crippen molar-refractivity contribution in [1.29, 1.82) is 0 Å². The summed E-state index contributed by atoms with van der Waals surface area (Å²) in [6, 6.07) is 0.353. The van der Waals surface area contributed by atoms with Crippen LogP contribution in [0.2, 0.25) is 0 Å². The highest BCUT2D eigenvalue weighted by molar-refractivity contribution is 5.76. The Labute approximate surface area is 130 Å². The molecule has 0 aliphatic heterocycles. The molecule has 4 atom stereocenters. The number of carbonyl (C=O) groups excluding carboxylic acids is 1. The summed E-state index contributed by atoms with van der Waals surface area (Å²) >= 11 is 0. The van der Waals surface area contributed by atoms with Gasteiger partial charge in [-0.1, -0.05) is 34.1 Å². The molecule has 2 bridgehead atoms. The molecular weight excluding hydrogens is 260 g/mol. The fraction of sp³-hybridized carbons (Fsp3) is 0.944. The molecule has 2 saturated carbocycles. The van der Waals surface area contributed by atoms with E-state index in [2.05, 4.69) is 33.0 Å². The Hall–Kier alpha value is -0.570. The molecule has 4 unspecified atom stereocenters. The first-order chi connectivity index (χ1) is 9.83. The van der Waals surface area contributed by atoms with Crippen LogP contribution < -0.4 is 11.1 Å². The van der Waals surface area contributed by atoms with Crippen LogP contribution in [0.15, 0.2) is 0 Å². The van der Waals surface area contributed by atoms with E-state index in [-0.39, 0.29) is 11.3 Å². The zero-order valence-electron chi connectivity index (χ0n) is 14.4. The first-order valence-electron chi connectivity index (χ1n) is 8.83. The Morgan fingerprint density at radius 2 is 2.05 bits per heavy atom. The summed E-state index contributed by atoms with van der Waals surface area (Å²) in [6.45, 7) is 9.98. The monoisotopic (exact) mass is 294 g/mol. The zero-order valence-corrected chi connectivity index (χ0v) is 14.4. The lowest BCUT2D eigenvalue weighted by Crippen LogP contribution is -2.52. The van der Waals surface area contributed by atoms with Gasteiger partial charge in [-0.3, -0.25) is 4.79 Å². The quantitative estimate of drug-likeness (QED) is 0.755. The third kappa shape index (κ3) is 3.28. The standard InChI is InChI=1S/C18H34N2O/c1-5-13(9-11-19)6-7-15(21)20-16-17(2,3)14-8-10-18(16,4)12-14/h13-14,16H,5-12,19H2,1-4H3,(H,20,21). The normalized spacial score (nSPS) is 34.9. The molecule has 0 aromatic heterocycles. The van der Waals surface area contributed by atoms with Crippen molar-refractivity contribution in [2.45, 2.75) is 78.7 Å². The van der Waals surface area contributed by atoms with E-state index in [1.165, 1.54) is 19.3 Å². The molecule has 2 aliphatic rings. The molecule has 3 heteroatoms. The minimum absolute atomic E-state index is 0.248. The Kier molecular flexibility index (Phi) is 5.02. The Morgan fingerprint density at radius 3 is 2.57 bits per heavy atom. The van der Waals surface area contributed by atoms with Crippen molar-refractivity contribution in [2.24, 2.45) is 28.4 Å². The van der Waals surface area contributed by atoms with Crippen molar-refractivity contribution >= 4 is 5.91 Å². The van der Waals surface area contributed by atoms with E-state index >= 15 is 0 Å². The SMILES string of the molecule is CCC(CCN)CCC(=O)NC1C2(C)CCC(C2)C1(C)C. The fourth-order valence-corrected chi connectivity index (χ4v) is 5.02. The van der Waals surface area contributed by atoms with E-state index in [9.17, 15) is 4.79 Å². The topological polar surface area (TPSA) is 55.1 Å². The molecule has 0 heterocycles. The molecule has 21 heavy (non-hydrogen) atoms. The summed E-state index contributed by atoms with van der Waals surface area (Å²) in [5.74, 6) is 1.63. The number of fused-ring (bicyclic) bond motifs is 2. The van der Waals surface area contributed by atoms with Gasteiger partial charge < -0.3 is 11.1 Å². The number of carbonyl (C=O) groups is 1. The second kappa shape index (κ2) is 6.28. The Morgan fingerprint density at radius 1 is 1.33 bits per heavy atom. The van der Waals surface area contributed by atoms with Crippen LogP contribution in [-0.2, 0) is 4.79 Å². The number of amides is 1. The van der Waals surface area contributed by atoms with Crippen LogP contribution in [-0.4, -0.2) is 18.5 Å². The maximum atomic E-state index is 12.4. The first-order valence-corrected chi connectivity index (χ1v) is 8.83. The molecule has 2 aliphatic carbocycles. The highest BCUT2D eigenvalue weighted by Crippen LogP contribution is 2.62. The molecule has 0 aromatic carbocycles. The summed E-state index contributed by atoms with van der Waals surface area (Å²) in [6.07, 6.45) is 7.70. The summed E-state index contributed by atoms with van der Waals surface area (Å²) in [7, 11) is 0. The highest BCUT2D eigenvalue weighted by atomic mass is 16.1. The van der Waals surface area contributed by atoms with Gasteiger partial charge in [-0.15, -0.1) is 0 Å². The third-order valence-electron chi connectivity index (χ3n) is 6.51. The summed E-state index contributed by atoms with van der Waals surface area (Å²) < 4.78 is 0. The number of hydrogen-bond donors (Lipinski definition) is 2. The van der Waals surface area contributed by atoms with Crippen molar-refractivity contribution in [3.8, 4) is 0 Å². The molecule has 0 aromatic rings. The molecule has 0 saturated heterocycles. The molecule has 3 N–H and O–H groups in total. The third-order valence-corrected chi connectivity index (χ3v) is 6.51. The van der Waals surface area contributed by atoms with E-state index in [1.807, 2.05) is 0 Å². The predicted molar refractivity (Wildman–Crippen MR) is 87.8 cm³/mol. The average molecular weight is 294 g/mol. The summed E-state index contributed by atoms with van der Waals surface area (Å²) in [4.78, 5) is 12.4. The number of nitrogens with two attached hydrogens (primary N) is 1. The maximum absolute atomic E-state index is 12.4. The highest BCUT2D eigenvalue weighted by Gasteiger charge is 2.59. The van der Waals surface area contributed by atoms with Gasteiger partial charge in [0.25, 0.3) is 0 Å². The van der Waals surface area contributed by atoms with Crippen molar-refractivity contribution in [1.82, 2.24) is 5.32 Å². The Balaban J connectivity index is 1.88. The van der Waals surface area contributed by atoms with Crippen LogP contribution in [0, 0.1) is 22.7 Å². The van der Waals surface area contributed by atoms with Gasteiger partial charge in [-0.2, -0.15) is 0 Å². The average Bonchev–Trinajstić information content (AvgIpc) is 2.90. The van der Waals surface area contributed by atoms with Gasteiger partial charge in [0, 0.05) is 12.5 Å². The number of hydrogen-bond acceptors (Lipinski definition) is 2. The van der Waals surface area contributed by atoms with E-state index < -0.39 is 0 Å². The van der Waals surface area contributed by atoms with Gasteiger partial charge >= 0.3 is 0 Å². The van der Waals surface area contributed by atoms with Crippen molar-refractivity contribution in [3.05, 3.63) is 0 Å². The van der Waals surface area contributed by atoms with Crippen molar-refractivity contribution in [2.75, 3.05) is 6.54 Å². The van der Waals surface area contributed by atoms with E-state index in [0.29, 0.717) is 23.8 Å². The van der Waals surface area contributed by atoms with Gasteiger partial charge in [0.05, 0.1) is 0 Å². The van der Waals surface area contributed by atoms with Crippen molar-refractivity contribution < 1.29 is 4.79 Å². The molecule has 0 spiro atoms. The summed E-state index contributed by atoms with van der Waals surface area (Å²) in [5, 5.41) is 3.39. The predicted octanol–water partition coefficient (Wildman–Crippen LogP) is 3.47. The van der Waals surface area contributed by atoms with Crippen LogP contribution in [0.4, 0.5) is 0 Å². The molecule has 1 amide bonds. The molecule has 2 rings (SSSR count). The van der Waals surface area contributed by atoms with Crippen LogP contribution >= 0.6 is 0 Å². The minimum atomic E-state index is 0.248. The van der Waals surface area contributed by atoms with Crippen molar-refractivity contribution in [3.63, 3.8) is 0 Å². The lowest BCUT2D eigenvalue weighted by molar-refractivity contribution is -0.124. The van der Waals surface area contributed by atoms with Gasteiger partial charge in [0.2, 0.25) is 5.91 Å². The molecule has 122 valence electrons. The van der Waals surface area contributed by atoms with E-state index in [4.69, 9.17) is 5.73 Å². The largest absolute Gasteiger partial charge is 0.352 e. The van der Waals surface area contributed by atoms with E-state index in [0.717, 1.165) is 31.7 Å². The van der Waals surface area contributed by atoms with Crippen LogP contribution in [0.3, 0.4) is 0 Å². The first kappa shape index (κ1) is 16.8. The van der Waals surface area contributed by atoms with Crippen LogP contribution in [0.5, 0.6) is 0 Å². The Bertz CT molecular complexity index is 375. The molecule has 2 fully saturated rings. The fourth-order valence-electron chi connectivity index (χ4n) is 5.02. The van der Waals surface area contributed by atoms with E-state index in [1.54, 1.807) is 0 Å². The van der Waals surface area contributed by atoms with Gasteiger partial charge in [0.15, 0.2) is 0 Å². The smallest absolute Gasteiger partial charge is 0.220 e. The van der Waals surface area contributed by atoms with Gasteiger partial charge in [-0.25, -0.2) is 0 Å². The van der Waals surface area contributed by atoms with Crippen LogP contribution in [0.25, 0.3) is 0 Å². The zero-order chi connectivity index (χ0) is 15.7.